The number of halogens is 3. The van der Waals surface area contributed by atoms with Crippen LogP contribution in [0.3, 0.4) is 0 Å². The van der Waals surface area contributed by atoms with Crippen LogP contribution in [0.1, 0.15) is 11.1 Å². The lowest BCUT2D eigenvalue weighted by molar-refractivity contribution is -0.185. The van der Waals surface area contributed by atoms with Crippen molar-refractivity contribution in [2.75, 3.05) is 0 Å². The number of rotatable bonds is 1. The van der Waals surface area contributed by atoms with E-state index >= 15 is 0 Å². The number of guanidine groups is 1. The van der Waals surface area contributed by atoms with Crippen molar-refractivity contribution in [1.29, 1.82) is 0 Å². The van der Waals surface area contributed by atoms with Gasteiger partial charge in [0.25, 0.3) is 5.91 Å². The molecule has 1 aliphatic heterocycles. The Bertz CT molecular complexity index is 647. The summed E-state index contributed by atoms with van der Waals surface area (Å²) < 4.78 is 44.2. The average molecular weight is 299 g/mol. The third-order valence-corrected chi connectivity index (χ3v) is 2.85. The fraction of sp³-hybridized carbons (Fsp3) is 0.231. The lowest BCUT2D eigenvalue weighted by Gasteiger charge is -2.28. The normalized spacial score (nSPS) is 17.3. The second kappa shape index (κ2) is 5.12. The summed E-state index contributed by atoms with van der Waals surface area (Å²) in [6.45, 7) is 1.61. The minimum absolute atomic E-state index is 0.0843. The topological polar surface area (TPSA) is 90.7 Å². The van der Waals surface area contributed by atoms with Crippen molar-refractivity contribution in [3.63, 3.8) is 0 Å². The number of carbonyl (C=O) groups excluding carboxylic acids is 1. The van der Waals surface area contributed by atoms with Crippen LogP contribution in [0.15, 0.2) is 28.8 Å². The molecule has 1 heterocycles. The van der Waals surface area contributed by atoms with E-state index in [1.54, 1.807) is 19.1 Å². The number of carbonyl (C=O) groups is 1. The maximum Gasteiger partial charge on any atom is 0.429 e. The molecule has 4 N–H and O–H groups in total. The molecule has 0 aromatic heterocycles. The zero-order chi connectivity index (χ0) is 15.8. The van der Waals surface area contributed by atoms with E-state index < -0.39 is 29.7 Å². The molecule has 1 atom stereocenters. The van der Waals surface area contributed by atoms with Crippen molar-refractivity contribution >= 4 is 17.9 Å². The molecule has 1 amide bonds. The first kappa shape index (κ1) is 14.9. The molecule has 0 fully saturated rings. The summed E-state index contributed by atoms with van der Waals surface area (Å²) >= 11 is 0. The van der Waals surface area contributed by atoms with Crippen LogP contribution < -0.4 is 16.2 Å². The van der Waals surface area contributed by atoms with Crippen molar-refractivity contribution < 1.29 is 22.7 Å². The van der Waals surface area contributed by atoms with E-state index in [2.05, 4.69) is 4.99 Å². The predicted molar refractivity (Wildman–Crippen MR) is 70.4 cm³/mol. The number of aryl methyl sites for hydroxylation is 1. The molecular weight excluding hydrogens is 287 g/mol. The van der Waals surface area contributed by atoms with Gasteiger partial charge in [0.15, 0.2) is 5.96 Å². The first-order chi connectivity index (χ1) is 9.70. The largest absolute Gasteiger partial charge is 0.475 e. The van der Waals surface area contributed by atoms with Gasteiger partial charge in [0.2, 0.25) is 6.10 Å². The highest BCUT2D eigenvalue weighted by Gasteiger charge is 2.48. The fourth-order valence-corrected chi connectivity index (χ4v) is 1.97. The second-order valence-electron chi connectivity index (χ2n) is 4.47. The van der Waals surface area contributed by atoms with Gasteiger partial charge in [0.1, 0.15) is 5.75 Å². The van der Waals surface area contributed by atoms with Crippen molar-refractivity contribution in [1.82, 2.24) is 0 Å². The third-order valence-electron chi connectivity index (χ3n) is 2.85. The molecule has 21 heavy (non-hydrogen) atoms. The lowest BCUT2D eigenvalue weighted by atomic mass is 9.99. The molecule has 1 aromatic rings. The Balaban J connectivity index is 2.56. The highest BCUT2D eigenvalue weighted by molar-refractivity contribution is 6.05. The summed E-state index contributed by atoms with van der Waals surface area (Å²) in [5, 5.41) is 0. The quantitative estimate of drug-likeness (QED) is 0.607. The summed E-state index contributed by atoms with van der Waals surface area (Å²) in [6.07, 6.45) is -6.07. The van der Waals surface area contributed by atoms with Gasteiger partial charge in [-0.3, -0.25) is 4.79 Å². The SMILES string of the molecule is Cc1cccc2c1O[C@@H](C(F)(F)F)C(C(=O)N=C(N)N)=C2. The number of benzene rings is 1. The highest BCUT2D eigenvalue weighted by atomic mass is 19.4. The van der Waals surface area contributed by atoms with Crippen molar-refractivity contribution in [2.24, 2.45) is 16.5 Å². The molecule has 0 radical (unpaired) electrons. The molecule has 5 nitrogen and oxygen atoms in total. The third kappa shape index (κ3) is 2.99. The molecule has 0 bridgehead atoms. The van der Waals surface area contributed by atoms with Crippen LogP contribution in [0, 0.1) is 6.92 Å². The number of nitrogens with zero attached hydrogens (tertiary/aromatic N) is 1. The Labute approximate surface area is 118 Å². The summed E-state index contributed by atoms with van der Waals surface area (Å²) in [7, 11) is 0. The van der Waals surface area contributed by atoms with Crippen LogP contribution in [-0.2, 0) is 4.79 Å². The Hall–Kier alpha value is -2.51. The van der Waals surface area contributed by atoms with E-state index in [0.29, 0.717) is 11.1 Å². The van der Waals surface area contributed by atoms with Gasteiger partial charge >= 0.3 is 6.18 Å². The van der Waals surface area contributed by atoms with E-state index in [1.807, 2.05) is 0 Å². The van der Waals surface area contributed by atoms with Gasteiger partial charge < -0.3 is 16.2 Å². The number of hydrogen-bond donors (Lipinski definition) is 2. The fourth-order valence-electron chi connectivity index (χ4n) is 1.97. The van der Waals surface area contributed by atoms with Crippen LogP contribution in [0.2, 0.25) is 0 Å². The van der Waals surface area contributed by atoms with E-state index in [1.165, 1.54) is 6.07 Å². The molecule has 0 saturated carbocycles. The van der Waals surface area contributed by atoms with Gasteiger partial charge in [-0.2, -0.15) is 18.2 Å². The number of hydrogen-bond acceptors (Lipinski definition) is 2. The number of ether oxygens (including phenoxy) is 1. The van der Waals surface area contributed by atoms with Gasteiger partial charge in [-0.1, -0.05) is 18.2 Å². The van der Waals surface area contributed by atoms with Gasteiger partial charge in [-0.15, -0.1) is 0 Å². The van der Waals surface area contributed by atoms with Crippen molar-refractivity contribution in [3.8, 4) is 5.75 Å². The second-order valence-corrected chi connectivity index (χ2v) is 4.47. The van der Waals surface area contributed by atoms with Gasteiger partial charge in [0, 0.05) is 5.56 Å². The number of fused-ring (bicyclic) bond motifs is 1. The van der Waals surface area contributed by atoms with Crippen LogP contribution in [0.5, 0.6) is 5.75 Å². The minimum Gasteiger partial charge on any atom is -0.475 e. The Morgan fingerprint density at radius 1 is 1.33 bits per heavy atom. The van der Waals surface area contributed by atoms with Crippen LogP contribution in [0.25, 0.3) is 6.08 Å². The number of aliphatic imine (C=N–C) groups is 1. The van der Waals surface area contributed by atoms with Crippen molar-refractivity contribution in [3.05, 3.63) is 34.9 Å². The lowest BCUT2D eigenvalue weighted by Crippen LogP contribution is -2.40. The average Bonchev–Trinajstić information content (AvgIpc) is 2.36. The van der Waals surface area contributed by atoms with E-state index in [0.717, 1.165) is 6.08 Å². The summed E-state index contributed by atoms with van der Waals surface area (Å²) in [6, 6.07) is 4.80. The Kier molecular flexibility index (Phi) is 3.63. The van der Waals surface area contributed by atoms with Gasteiger partial charge in [0.05, 0.1) is 5.57 Å². The Morgan fingerprint density at radius 3 is 2.57 bits per heavy atom. The molecule has 1 aromatic carbocycles. The molecule has 2 rings (SSSR count). The van der Waals surface area contributed by atoms with E-state index in [-0.39, 0.29) is 5.75 Å². The van der Waals surface area contributed by atoms with Gasteiger partial charge in [-0.05, 0) is 18.6 Å². The molecule has 1 aliphatic rings. The maximum absolute atomic E-state index is 13.1. The summed E-state index contributed by atoms with van der Waals surface area (Å²) in [5.41, 5.74) is 10.3. The predicted octanol–water partition coefficient (Wildman–Crippen LogP) is 1.50. The summed E-state index contributed by atoms with van der Waals surface area (Å²) in [4.78, 5) is 14.9. The minimum atomic E-state index is -4.76. The molecule has 0 spiro atoms. The number of alkyl halides is 3. The van der Waals surface area contributed by atoms with E-state index in [9.17, 15) is 18.0 Å². The molecule has 0 saturated heterocycles. The maximum atomic E-state index is 13.1. The molecule has 0 aliphatic carbocycles. The molecule has 0 unspecified atom stereocenters. The number of amides is 1. The zero-order valence-electron chi connectivity index (χ0n) is 10.9. The van der Waals surface area contributed by atoms with Crippen LogP contribution in [0.4, 0.5) is 13.2 Å². The van der Waals surface area contributed by atoms with Crippen LogP contribution in [-0.4, -0.2) is 24.1 Å². The standard InChI is InChI=1S/C13H12F3N3O2/c1-6-3-2-4-7-5-8(11(20)19-12(17)18)10(13(14,15)16)21-9(6)7/h2-5,10H,1H3,(H4,17,18,19,20)/t10-/m1/s1. The number of nitrogens with two attached hydrogens (primary N) is 2. The first-order valence-electron chi connectivity index (χ1n) is 5.88. The monoisotopic (exact) mass is 299 g/mol. The molecule has 112 valence electrons. The van der Waals surface area contributed by atoms with Crippen LogP contribution >= 0.6 is 0 Å². The first-order valence-corrected chi connectivity index (χ1v) is 5.88. The summed E-state index contributed by atoms with van der Waals surface area (Å²) in [5.74, 6) is -1.71. The Morgan fingerprint density at radius 2 is 2.00 bits per heavy atom. The molecule has 8 heteroatoms. The van der Waals surface area contributed by atoms with Crippen molar-refractivity contribution in [2.45, 2.75) is 19.2 Å². The number of para-hydroxylation sites is 1. The smallest absolute Gasteiger partial charge is 0.429 e. The zero-order valence-corrected chi connectivity index (χ0v) is 10.9. The van der Waals surface area contributed by atoms with E-state index in [4.69, 9.17) is 16.2 Å². The molecular formula is C13H12F3N3O2. The van der Waals surface area contributed by atoms with Gasteiger partial charge in [-0.25, -0.2) is 0 Å². The highest BCUT2D eigenvalue weighted by Crippen LogP contribution is 2.39.